The molecule has 2 rings (SSSR count). The number of sulfonamides is 1. The normalized spacial score (nSPS) is 11.9. The van der Waals surface area contributed by atoms with Gasteiger partial charge < -0.3 is 15.4 Å². The van der Waals surface area contributed by atoms with Crippen molar-refractivity contribution in [1.82, 2.24) is 14.9 Å². The number of guanidine groups is 1. The summed E-state index contributed by atoms with van der Waals surface area (Å²) in [5.74, 6) is 1.57. The highest BCUT2D eigenvalue weighted by molar-refractivity contribution is 14.0. The summed E-state index contributed by atoms with van der Waals surface area (Å²) in [4.78, 5) is 4.55. The molecule has 0 aliphatic carbocycles. The maximum Gasteiger partial charge on any atom is 0.243 e. The lowest BCUT2D eigenvalue weighted by molar-refractivity contribution is 0.409. The quantitative estimate of drug-likeness (QED) is 0.272. The van der Waals surface area contributed by atoms with Gasteiger partial charge in [-0.1, -0.05) is 29.8 Å². The molecule has 0 aliphatic heterocycles. The summed E-state index contributed by atoms with van der Waals surface area (Å²) in [5, 5.41) is 6.56. The van der Waals surface area contributed by atoms with Crippen LogP contribution in [-0.4, -0.2) is 52.5 Å². The number of hydrogen-bond donors (Lipinski definition) is 2. The first kappa shape index (κ1) is 28.2. The number of benzene rings is 2. The van der Waals surface area contributed by atoms with Crippen molar-refractivity contribution >= 4 is 40.0 Å². The van der Waals surface area contributed by atoms with E-state index < -0.39 is 10.0 Å². The summed E-state index contributed by atoms with van der Waals surface area (Å²) in [6.07, 6.45) is 0.807. The molecule has 0 atom stereocenters. The molecule has 0 unspecified atom stereocenters. The van der Waals surface area contributed by atoms with Crippen LogP contribution < -0.4 is 15.4 Å². The van der Waals surface area contributed by atoms with Gasteiger partial charge in [-0.3, -0.25) is 4.99 Å². The van der Waals surface area contributed by atoms with Gasteiger partial charge in [0.15, 0.2) is 5.96 Å². The van der Waals surface area contributed by atoms with Crippen LogP contribution >= 0.6 is 24.0 Å². The summed E-state index contributed by atoms with van der Waals surface area (Å²) in [5.41, 5.74) is 3.31. The summed E-state index contributed by atoms with van der Waals surface area (Å²) < 4.78 is 31.9. The fourth-order valence-corrected chi connectivity index (χ4v) is 4.42. The molecule has 0 saturated heterocycles. The molecule has 2 N–H and O–H groups in total. The van der Waals surface area contributed by atoms with Crippen LogP contribution in [-0.2, 0) is 23.0 Å². The van der Waals surface area contributed by atoms with Gasteiger partial charge in [0.1, 0.15) is 5.75 Å². The first-order valence-corrected chi connectivity index (χ1v) is 11.8. The molecule has 0 radical (unpaired) electrons. The van der Waals surface area contributed by atoms with Crippen molar-refractivity contribution < 1.29 is 13.2 Å². The molecule has 2 aromatic carbocycles. The monoisotopic (exact) mass is 574 g/mol. The van der Waals surface area contributed by atoms with E-state index in [1.807, 2.05) is 38.1 Å². The van der Waals surface area contributed by atoms with Crippen LogP contribution in [0, 0.1) is 6.92 Å². The van der Waals surface area contributed by atoms with Crippen molar-refractivity contribution in [2.45, 2.75) is 44.7 Å². The van der Waals surface area contributed by atoms with Crippen LogP contribution in [0.2, 0.25) is 0 Å². The minimum absolute atomic E-state index is 0. The van der Waals surface area contributed by atoms with E-state index in [1.165, 1.54) is 9.87 Å². The summed E-state index contributed by atoms with van der Waals surface area (Å²) in [7, 11) is 1.53. The van der Waals surface area contributed by atoms with Gasteiger partial charge in [0, 0.05) is 33.2 Å². The van der Waals surface area contributed by atoms with Crippen LogP contribution in [0.25, 0.3) is 0 Å². The van der Waals surface area contributed by atoms with Crippen LogP contribution in [0.5, 0.6) is 5.75 Å². The second-order valence-corrected chi connectivity index (χ2v) is 9.67. The number of hydrogen-bond acceptors (Lipinski definition) is 4. The zero-order valence-corrected chi connectivity index (χ0v) is 22.8. The molecule has 0 amide bonds. The highest BCUT2D eigenvalue weighted by Gasteiger charge is 2.22. The van der Waals surface area contributed by atoms with Crippen molar-refractivity contribution in [3.63, 3.8) is 0 Å². The average Bonchev–Trinajstić information content (AvgIpc) is 2.75. The van der Waals surface area contributed by atoms with Gasteiger partial charge in [0.05, 0.1) is 12.0 Å². The third-order valence-electron chi connectivity index (χ3n) is 5.13. The summed E-state index contributed by atoms with van der Waals surface area (Å²) >= 11 is 0. The van der Waals surface area contributed by atoms with Gasteiger partial charge in [-0.15, -0.1) is 24.0 Å². The Morgan fingerprint density at radius 3 is 2.34 bits per heavy atom. The van der Waals surface area contributed by atoms with E-state index in [-0.39, 0.29) is 30.0 Å². The van der Waals surface area contributed by atoms with Crippen molar-refractivity contribution in [2.24, 2.45) is 4.99 Å². The lowest BCUT2D eigenvalue weighted by Crippen LogP contribution is -2.37. The molecule has 0 heterocycles. The number of nitrogens with zero attached hydrogens (tertiary/aromatic N) is 2. The fourth-order valence-electron chi connectivity index (χ4n) is 3.05. The standard InChI is InChI=1S/C23H34N4O3S.HI/c1-17(2)27(5)31(28,29)21-10-8-19(9-11-21)16-26-23(24-4)25-14-13-20-15-18(3)7-12-22(20)30-6;/h7-12,15,17H,13-14,16H2,1-6H3,(H2,24,25,26);1H. The molecule has 2 aromatic rings. The van der Waals surface area contributed by atoms with E-state index in [4.69, 9.17) is 4.74 Å². The van der Waals surface area contributed by atoms with E-state index in [0.717, 1.165) is 23.3 Å². The Labute approximate surface area is 209 Å². The fraction of sp³-hybridized carbons (Fsp3) is 0.435. The molecule has 0 saturated carbocycles. The smallest absolute Gasteiger partial charge is 0.243 e. The van der Waals surface area contributed by atoms with Gasteiger partial charge in [0.25, 0.3) is 0 Å². The molecule has 0 aromatic heterocycles. The Hall–Kier alpha value is -1.85. The van der Waals surface area contributed by atoms with Crippen molar-refractivity contribution in [1.29, 1.82) is 0 Å². The largest absolute Gasteiger partial charge is 0.496 e. The molecular weight excluding hydrogens is 539 g/mol. The number of methoxy groups -OCH3 is 1. The third-order valence-corrected chi connectivity index (χ3v) is 7.18. The number of rotatable bonds is 9. The highest BCUT2D eigenvalue weighted by Crippen LogP contribution is 2.20. The SMILES string of the molecule is CN=C(NCCc1cc(C)ccc1OC)NCc1ccc(S(=O)(=O)N(C)C(C)C)cc1.I. The van der Waals surface area contributed by atoms with Gasteiger partial charge in [-0.2, -0.15) is 4.31 Å². The van der Waals surface area contributed by atoms with Crippen molar-refractivity contribution in [2.75, 3.05) is 27.7 Å². The predicted molar refractivity (Wildman–Crippen MR) is 142 cm³/mol. The summed E-state index contributed by atoms with van der Waals surface area (Å²) in [6, 6.07) is 13.0. The second kappa shape index (κ2) is 13.0. The van der Waals surface area contributed by atoms with Gasteiger partial charge >= 0.3 is 0 Å². The molecule has 32 heavy (non-hydrogen) atoms. The molecule has 0 spiro atoms. The number of ether oxygens (including phenoxy) is 1. The van der Waals surface area contributed by atoms with Gasteiger partial charge in [-0.25, -0.2) is 8.42 Å². The molecule has 0 aliphatic rings. The maximum absolute atomic E-state index is 12.6. The average molecular weight is 575 g/mol. The Bertz CT molecular complexity index is 993. The Morgan fingerprint density at radius 2 is 1.78 bits per heavy atom. The van der Waals surface area contributed by atoms with E-state index in [1.54, 1.807) is 33.3 Å². The maximum atomic E-state index is 12.6. The zero-order valence-electron chi connectivity index (χ0n) is 19.7. The van der Waals surface area contributed by atoms with E-state index >= 15 is 0 Å². The van der Waals surface area contributed by atoms with E-state index in [2.05, 4.69) is 28.6 Å². The number of aliphatic imine (C=N–C) groups is 1. The number of nitrogens with one attached hydrogen (secondary N) is 2. The lowest BCUT2D eigenvalue weighted by atomic mass is 10.1. The predicted octanol–water partition coefficient (Wildman–Crippen LogP) is 3.56. The minimum atomic E-state index is -3.47. The summed E-state index contributed by atoms with van der Waals surface area (Å²) in [6.45, 7) is 7.01. The Morgan fingerprint density at radius 1 is 1.12 bits per heavy atom. The minimum Gasteiger partial charge on any atom is -0.496 e. The zero-order chi connectivity index (χ0) is 23.0. The van der Waals surface area contributed by atoms with Crippen LogP contribution in [0.3, 0.4) is 0 Å². The van der Waals surface area contributed by atoms with Crippen LogP contribution in [0.15, 0.2) is 52.4 Å². The third kappa shape index (κ3) is 7.63. The van der Waals surface area contributed by atoms with Crippen LogP contribution in [0.4, 0.5) is 0 Å². The molecular formula is C23H35IN4O3S. The van der Waals surface area contributed by atoms with Crippen molar-refractivity contribution in [3.05, 3.63) is 59.2 Å². The van der Waals surface area contributed by atoms with Gasteiger partial charge in [-0.05, 0) is 56.5 Å². The molecule has 7 nitrogen and oxygen atoms in total. The number of halogens is 1. The Kier molecular flexibility index (Phi) is 11.5. The van der Waals surface area contributed by atoms with Crippen molar-refractivity contribution in [3.8, 4) is 5.75 Å². The second-order valence-electron chi connectivity index (χ2n) is 7.68. The van der Waals surface area contributed by atoms with E-state index in [9.17, 15) is 8.42 Å². The molecule has 0 bridgehead atoms. The molecule has 0 fully saturated rings. The Balaban J connectivity index is 0.00000512. The first-order valence-electron chi connectivity index (χ1n) is 10.3. The first-order chi connectivity index (χ1) is 14.7. The molecule has 9 heteroatoms. The highest BCUT2D eigenvalue weighted by atomic mass is 127. The van der Waals surface area contributed by atoms with Crippen LogP contribution in [0.1, 0.15) is 30.5 Å². The molecule has 178 valence electrons. The topological polar surface area (TPSA) is 83.0 Å². The van der Waals surface area contributed by atoms with Gasteiger partial charge in [0.2, 0.25) is 10.0 Å². The lowest BCUT2D eigenvalue weighted by Gasteiger charge is -2.21. The van der Waals surface area contributed by atoms with E-state index in [0.29, 0.717) is 23.9 Å². The number of aryl methyl sites for hydroxylation is 1.